The Hall–Kier alpha value is 0.330. The predicted molar refractivity (Wildman–Crippen MR) is 71.7 cm³/mol. The molecule has 0 fully saturated rings. The highest BCUT2D eigenvalue weighted by atomic mass is 35.5. The molecule has 1 rings (SSSR count). The first-order chi connectivity index (χ1) is 7.41. The molecule has 7 heteroatoms. The van der Waals surface area contributed by atoms with Gasteiger partial charge in [-0.1, -0.05) is 23.2 Å². The van der Waals surface area contributed by atoms with Gasteiger partial charge in [0.05, 0.1) is 15.4 Å². The van der Waals surface area contributed by atoms with E-state index >= 15 is 0 Å². The van der Waals surface area contributed by atoms with E-state index < -0.39 is 5.54 Å². The Morgan fingerprint density at radius 1 is 1.44 bits per heavy atom. The molecule has 0 aliphatic heterocycles. The van der Waals surface area contributed by atoms with Gasteiger partial charge in [-0.25, -0.2) is 0 Å². The van der Waals surface area contributed by atoms with Gasteiger partial charge in [-0.3, -0.25) is 4.79 Å². The fourth-order valence-corrected chi connectivity index (χ4v) is 2.82. The molecule has 1 heterocycles. The monoisotopic (exact) mass is 319 g/mol. The fourth-order valence-electron chi connectivity index (χ4n) is 0.939. The van der Waals surface area contributed by atoms with Crippen LogP contribution in [-0.4, -0.2) is 23.2 Å². The first-order valence-corrected chi connectivity index (χ1v) is 6.95. The van der Waals surface area contributed by atoms with Gasteiger partial charge in [-0.05, 0) is 13.0 Å². The molecule has 0 radical (unpaired) electrons. The Labute approximate surface area is 118 Å². The van der Waals surface area contributed by atoms with Crippen LogP contribution in [0.1, 0.15) is 17.3 Å². The van der Waals surface area contributed by atoms with E-state index in [2.05, 4.69) is 5.32 Å². The summed E-state index contributed by atoms with van der Waals surface area (Å²) in [5.41, 5.74) is -0.309. The van der Waals surface area contributed by atoms with Crippen molar-refractivity contribution in [3.05, 3.63) is 20.3 Å². The lowest BCUT2D eigenvalue weighted by Gasteiger charge is -2.25. The molecule has 0 aliphatic carbocycles. The standard InChI is InChI=1S/C9H9Cl4NOS/c1-9(3-10,4-11)14-8(15)5-2-6(12)16-7(5)13/h2H,3-4H2,1H3,(H,14,15). The SMILES string of the molecule is CC(CCl)(CCl)NC(=O)c1cc(Cl)sc1Cl. The zero-order chi connectivity index (χ0) is 12.3. The number of halogens is 4. The summed E-state index contributed by atoms with van der Waals surface area (Å²) in [6, 6.07) is 1.52. The molecule has 90 valence electrons. The van der Waals surface area contributed by atoms with Gasteiger partial charge in [0.1, 0.15) is 4.34 Å². The Balaban J connectivity index is 2.84. The van der Waals surface area contributed by atoms with E-state index in [1.165, 1.54) is 6.07 Å². The summed E-state index contributed by atoms with van der Waals surface area (Å²) in [4.78, 5) is 11.8. The van der Waals surface area contributed by atoms with Gasteiger partial charge in [0.2, 0.25) is 0 Å². The number of rotatable bonds is 4. The summed E-state index contributed by atoms with van der Waals surface area (Å²) >= 11 is 24.2. The fraction of sp³-hybridized carbons (Fsp3) is 0.444. The smallest absolute Gasteiger partial charge is 0.254 e. The van der Waals surface area contributed by atoms with Crippen LogP contribution in [0, 0.1) is 0 Å². The van der Waals surface area contributed by atoms with Crippen LogP contribution < -0.4 is 5.32 Å². The van der Waals surface area contributed by atoms with Crippen molar-refractivity contribution in [1.29, 1.82) is 0 Å². The third-order valence-electron chi connectivity index (χ3n) is 1.91. The summed E-state index contributed by atoms with van der Waals surface area (Å²) in [5, 5.41) is 2.72. The molecular formula is C9H9Cl4NOS. The minimum absolute atomic E-state index is 0.220. The quantitative estimate of drug-likeness (QED) is 0.834. The molecule has 0 spiro atoms. The number of hydrogen-bond acceptors (Lipinski definition) is 2. The number of amides is 1. The highest BCUT2D eigenvalue weighted by Crippen LogP contribution is 2.31. The van der Waals surface area contributed by atoms with Gasteiger partial charge in [0.25, 0.3) is 5.91 Å². The molecule has 0 unspecified atom stereocenters. The zero-order valence-electron chi connectivity index (χ0n) is 8.32. The summed E-state index contributed by atoms with van der Waals surface area (Å²) in [7, 11) is 0. The highest BCUT2D eigenvalue weighted by Gasteiger charge is 2.26. The Bertz CT molecular complexity index is 389. The summed E-state index contributed by atoms with van der Waals surface area (Å²) in [5.74, 6) is 0.118. The van der Waals surface area contributed by atoms with Crippen molar-refractivity contribution in [3.63, 3.8) is 0 Å². The lowest BCUT2D eigenvalue weighted by molar-refractivity contribution is 0.0922. The van der Waals surface area contributed by atoms with Crippen LogP contribution in [-0.2, 0) is 0 Å². The number of carbonyl (C=O) groups excluding carboxylic acids is 1. The van der Waals surface area contributed by atoms with Crippen molar-refractivity contribution in [1.82, 2.24) is 5.32 Å². The first-order valence-electron chi connectivity index (χ1n) is 4.31. The van der Waals surface area contributed by atoms with E-state index in [1.54, 1.807) is 6.92 Å². The summed E-state index contributed by atoms with van der Waals surface area (Å²) in [6.45, 7) is 1.76. The van der Waals surface area contributed by atoms with Gasteiger partial charge < -0.3 is 5.32 Å². The highest BCUT2D eigenvalue weighted by molar-refractivity contribution is 7.20. The number of hydrogen-bond donors (Lipinski definition) is 1. The summed E-state index contributed by atoms with van der Waals surface area (Å²) < 4.78 is 0.822. The van der Waals surface area contributed by atoms with Crippen molar-refractivity contribution >= 4 is 63.6 Å². The predicted octanol–water partition coefficient (Wildman–Crippen LogP) is 4.02. The number of nitrogens with one attached hydrogen (secondary N) is 1. The Morgan fingerprint density at radius 2 is 2.00 bits per heavy atom. The van der Waals surface area contributed by atoms with Gasteiger partial charge in [-0.2, -0.15) is 0 Å². The lowest BCUT2D eigenvalue weighted by atomic mass is 10.1. The maximum absolute atomic E-state index is 11.8. The van der Waals surface area contributed by atoms with Gasteiger partial charge in [-0.15, -0.1) is 34.5 Å². The van der Waals surface area contributed by atoms with E-state index in [4.69, 9.17) is 46.4 Å². The van der Waals surface area contributed by atoms with Crippen LogP contribution in [0.15, 0.2) is 6.07 Å². The summed E-state index contributed by atoms with van der Waals surface area (Å²) in [6.07, 6.45) is 0. The molecule has 1 aromatic rings. The molecule has 1 aromatic heterocycles. The molecule has 0 aromatic carbocycles. The maximum atomic E-state index is 11.8. The van der Waals surface area contributed by atoms with Crippen molar-refractivity contribution < 1.29 is 4.79 Å². The maximum Gasteiger partial charge on any atom is 0.254 e. The van der Waals surface area contributed by atoms with Gasteiger partial charge in [0, 0.05) is 11.8 Å². The Morgan fingerprint density at radius 3 is 2.38 bits per heavy atom. The number of alkyl halides is 2. The minimum Gasteiger partial charge on any atom is -0.344 e. The van der Waals surface area contributed by atoms with Crippen molar-refractivity contribution in [2.75, 3.05) is 11.8 Å². The van der Waals surface area contributed by atoms with Crippen molar-refractivity contribution in [2.45, 2.75) is 12.5 Å². The molecule has 16 heavy (non-hydrogen) atoms. The third kappa shape index (κ3) is 3.41. The third-order valence-corrected chi connectivity index (χ3v) is 4.57. The molecule has 1 N–H and O–H groups in total. The van der Waals surface area contributed by atoms with Crippen LogP contribution in [0.25, 0.3) is 0 Å². The van der Waals surface area contributed by atoms with Crippen LogP contribution in [0.3, 0.4) is 0 Å². The first kappa shape index (κ1) is 14.4. The average molecular weight is 321 g/mol. The van der Waals surface area contributed by atoms with E-state index in [-0.39, 0.29) is 17.7 Å². The minimum atomic E-state index is -0.655. The second-order valence-corrected chi connectivity index (χ2v) is 6.34. The van der Waals surface area contributed by atoms with Crippen molar-refractivity contribution in [3.8, 4) is 0 Å². The second kappa shape index (κ2) is 5.78. The molecule has 0 aliphatic rings. The second-order valence-electron chi connectivity index (χ2n) is 3.52. The van der Waals surface area contributed by atoms with E-state index in [1.807, 2.05) is 0 Å². The van der Waals surface area contributed by atoms with Crippen molar-refractivity contribution in [2.24, 2.45) is 0 Å². The zero-order valence-corrected chi connectivity index (χ0v) is 12.2. The van der Waals surface area contributed by atoms with Crippen LogP contribution in [0.2, 0.25) is 8.67 Å². The largest absolute Gasteiger partial charge is 0.344 e. The molecule has 0 saturated carbocycles. The lowest BCUT2D eigenvalue weighted by Crippen LogP contribution is -2.49. The molecule has 2 nitrogen and oxygen atoms in total. The topological polar surface area (TPSA) is 29.1 Å². The van der Waals surface area contributed by atoms with E-state index in [9.17, 15) is 4.79 Å². The number of carbonyl (C=O) groups is 1. The number of thiophene rings is 1. The van der Waals surface area contributed by atoms with Crippen LogP contribution >= 0.6 is 57.7 Å². The van der Waals surface area contributed by atoms with Crippen LogP contribution in [0.4, 0.5) is 0 Å². The Kier molecular flexibility index (Phi) is 5.20. The van der Waals surface area contributed by atoms with Crippen LogP contribution in [0.5, 0.6) is 0 Å². The van der Waals surface area contributed by atoms with Gasteiger partial charge in [0.15, 0.2) is 0 Å². The van der Waals surface area contributed by atoms with E-state index in [0.29, 0.717) is 14.2 Å². The van der Waals surface area contributed by atoms with Gasteiger partial charge >= 0.3 is 0 Å². The average Bonchev–Trinajstić information content (AvgIpc) is 2.57. The normalized spacial score (nSPS) is 11.6. The molecule has 0 saturated heterocycles. The molecular weight excluding hydrogens is 312 g/mol. The molecule has 1 amide bonds. The molecule has 0 bridgehead atoms. The molecule has 0 atom stereocenters. The van der Waals surface area contributed by atoms with E-state index in [0.717, 1.165) is 11.3 Å².